The zero-order valence-corrected chi connectivity index (χ0v) is 13.3. The summed E-state index contributed by atoms with van der Waals surface area (Å²) in [5.74, 6) is 0. The number of anilines is 1. The zero-order chi connectivity index (χ0) is 15.4. The fraction of sp³-hybridized carbons (Fsp3) is 0.333. The Bertz CT molecular complexity index is 591. The monoisotopic (exact) mass is 317 g/mol. The Labute approximate surface area is 136 Å². The van der Waals surface area contributed by atoms with E-state index in [0.717, 1.165) is 10.7 Å². The van der Waals surface area contributed by atoms with Crippen molar-refractivity contribution in [2.75, 3.05) is 25.1 Å². The number of aryl methyl sites for hydroxylation is 1. The van der Waals surface area contributed by atoms with Gasteiger partial charge in [-0.2, -0.15) is 0 Å². The number of halogens is 1. The van der Waals surface area contributed by atoms with E-state index in [1.807, 2.05) is 24.3 Å². The standard InChI is InChI=1S/C18H20ClNO2/c1-13-2-4-14(5-3-13)18(17-12-21-10-11-22-17)20-16-8-6-15(19)7-9-16/h2-9,17-18,20H,10-12H2,1H3. The highest BCUT2D eigenvalue weighted by Crippen LogP contribution is 2.27. The van der Waals surface area contributed by atoms with Crippen LogP contribution in [0.5, 0.6) is 0 Å². The van der Waals surface area contributed by atoms with Crippen molar-refractivity contribution in [2.45, 2.75) is 19.1 Å². The van der Waals surface area contributed by atoms with E-state index in [2.05, 4.69) is 36.5 Å². The van der Waals surface area contributed by atoms with Gasteiger partial charge in [-0.1, -0.05) is 41.4 Å². The molecule has 4 heteroatoms. The van der Waals surface area contributed by atoms with Gasteiger partial charge in [-0.05, 0) is 36.8 Å². The lowest BCUT2D eigenvalue weighted by Gasteiger charge is -2.32. The quantitative estimate of drug-likeness (QED) is 0.916. The van der Waals surface area contributed by atoms with Gasteiger partial charge >= 0.3 is 0 Å². The molecular weight excluding hydrogens is 298 g/mol. The summed E-state index contributed by atoms with van der Waals surface area (Å²) in [4.78, 5) is 0. The molecule has 3 rings (SSSR count). The molecule has 1 N–H and O–H groups in total. The molecule has 1 heterocycles. The van der Waals surface area contributed by atoms with Gasteiger partial charge in [0.25, 0.3) is 0 Å². The van der Waals surface area contributed by atoms with Gasteiger partial charge in [0, 0.05) is 10.7 Å². The second-order valence-electron chi connectivity index (χ2n) is 5.52. The van der Waals surface area contributed by atoms with Crippen molar-refractivity contribution in [3.05, 3.63) is 64.7 Å². The molecule has 1 fully saturated rings. The minimum absolute atomic E-state index is 0.00728. The van der Waals surface area contributed by atoms with E-state index in [1.54, 1.807) is 0 Å². The summed E-state index contributed by atoms with van der Waals surface area (Å²) in [5, 5.41) is 4.28. The third-order valence-electron chi connectivity index (χ3n) is 3.82. The minimum atomic E-state index is -0.00728. The average molecular weight is 318 g/mol. The topological polar surface area (TPSA) is 30.5 Å². The highest BCUT2D eigenvalue weighted by atomic mass is 35.5. The molecular formula is C18H20ClNO2. The van der Waals surface area contributed by atoms with Crippen LogP contribution in [-0.2, 0) is 9.47 Å². The molecule has 1 aliphatic heterocycles. The molecule has 2 aromatic rings. The van der Waals surface area contributed by atoms with E-state index >= 15 is 0 Å². The fourth-order valence-electron chi connectivity index (χ4n) is 2.59. The molecule has 0 bridgehead atoms. The molecule has 22 heavy (non-hydrogen) atoms. The van der Waals surface area contributed by atoms with Crippen LogP contribution in [0.1, 0.15) is 17.2 Å². The molecule has 2 unspecified atom stereocenters. The lowest BCUT2D eigenvalue weighted by molar-refractivity contribution is -0.0950. The molecule has 0 amide bonds. The van der Waals surface area contributed by atoms with Gasteiger partial charge in [0.05, 0.1) is 25.9 Å². The Hall–Kier alpha value is -1.55. The third-order valence-corrected chi connectivity index (χ3v) is 4.07. The van der Waals surface area contributed by atoms with Gasteiger partial charge in [0.15, 0.2) is 0 Å². The van der Waals surface area contributed by atoms with E-state index in [-0.39, 0.29) is 12.1 Å². The van der Waals surface area contributed by atoms with Gasteiger partial charge in [-0.15, -0.1) is 0 Å². The van der Waals surface area contributed by atoms with Crippen LogP contribution < -0.4 is 5.32 Å². The van der Waals surface area contributed by atoms with Crippen LogP contribution >= 0.6 is 11.6 Å². The Morgan fingerprint density at radius 2 is 1.77 bits per heavy atom. The van der Waals surface area contributed by atoms with Crippen molar-refractivity contribution < 1.29 is 9.47 Å². The molecule has 0 aromatic heterocycles. The van der Waals surface area contributed by atoms with Crippen LogP contribution in [0.4, 0.5) is 5.69 Å². The lowest BCUT2D eigenvalue weighted by atomic mass is 9.99. The first kappa shape index (κ1) is 15.3. The molecule has 1 saturated heterocycles. The summed E-state index contributed by atoms with van der Waals surface area (Å²) < 4.78 is 11.5. The highest BCUT2D eigenvalue weighted by molar-refractivity contribution is 6.30. The summed E-state index contributed by atoms with van der Waals surface area (Å²) in [6.07, 6.45) is -0.00728. The van der Waals surface area contributed by atoms with E-state index < -0.39 is 0 Å². The molecule has 0 saturated carbocycles. The van der Waals surface area contributed by atoms with E-state index in [1.165, 1.54) is 11.1 Å². The Morgan fingerprint density at radius 3 is 2.41 bits per heavy atom. The molecule has 2 atom stereocenters. The van der Waals surface area contributed by atoms with Gasteiger partial charge in [-0.3, -0.25) is 0 Å². The maximum absolute atomic E-state index is 5.96. The molecule has 0 aliphatic carbocycles. The summed E-state index contributed by atoms with van der Waals surface area (Å²) in [6.45, 7) is 3.98. The number of rotatable bonds is 4. The number of nitrogens with one attached hydrogen (secondary N) is 1. The Balaban J connectivity index is 1.84. The van der Waals surface area contributed by atoms with Crippen molar-refractivity contribution in [1.29, 1.82) is 0 Å². The van der Waals surface area contributed by atoms with E-state index in [0.29, 0.717) is 19.8 Å². The average Bonchev–Trinajstić information content (AvgIpc) is 2.56. The maximum atomic E-state index is 5.96. The van der Waals surface area contributed by atoms with Crippen LogP contribution in [-0.4, -0.2) is 25.9 Å². The van der Waals surface area contributed by atoms with Crippen molar-refractivity contribution in [2.24, 2.45) is 0 Å². The summed E-state index contributed by atoms with van der Waals surface area (Å²) in [6, 6.07) is 16.3. The first-order chi connectivity index (χ1) is 10.7. The van der Waals surface area contributed by atoms with Crippen LogP contribution in [0.2, 0.25) is 5.02 Å². The second-order valence-corrected chi connectivity index (χ2v) is 5.96. The van der Waals surface area contributed by atoms with Gasteiger partial charge in [-0.25, -0.2) is 0 Å². The van der Waals surface area contributed by atoms with Gasteiger partial charge in [0.1, 0.15) is 6.10 Å². The first-order valence-electron chi connectivity index (χ1n) is 7.50. The lowest BCUT2D eigenvalue weighted by Crippen LogP contribution is -2.37. The highest BCUT2D eigenvalue weighted by Gasteiger charge is 2.26. The summed E-state index contributed by atoms with van der Waals surface area (Å²) in [5.41, 5.74) is 3.45. The Morgan fingerprint density at radius 1 is 1.05 bits per heavy atom. The predicted molar refractivity (Wildman–Crippen MR) is 89.6 cm³/mol. The predicted octanol–water partition coefficient (Wildman–Crippen LogP) is 4.22. The van der Waals surface area contributed by atoms with Crippen LogP contribution in [0, 0.1) is 6.92 Å². The zero-order valence-electron chi connectivity index (χ0n) is 12.6. The van der Waals surface area contributed by atoms with E-state index in [9.17, 15) is 0 Å². The van der Waals surface area contributed by atoms with Crippen molar-refractivity contribution in [3.8, 4) is 0 Å². The van der Waals surface area contributed by atoms with Crippen molar-refractivity contribution >= 4 is 17.3 Å². The van der Waals surface area contributed by atoms with Gasteiger partial charge in [0.2, 0.25) is 0 Å². The maximum Gasteiger partial charge on any atom is 0.105 e. The third kappa shape index (κ3) is 3.80. The largest absolute Gasteiger partial charge is 0.376 e. The number of hydrogen-bond acceptors (Lipinski definition) is 3. The molecule has 116 valence electrons. The fourth-order valence-corrected chi connectivity index (χ4v) is 2.71. The molecule has 1 aliphatic rings. The Kier molecular flexibility index (Phi) is 4.98. The van der Waals surface area contributed by atoms with E-state index in [4.69, 9.17) is 21.1 Å². The summed E-state index contributed by atoms with van der Waals surface area (Å²) in [7, 11) is 0. The first-order valence-corrected chi connectivity index (χ1v) is 7.88. The van der Waals surface area contributed by atoms with Crippen LogP contribution in [0.15, 0.2) is 48.5 Å². The molecule has 0 radical (unpaired) electrons. The molecule has 2 aromatic carbocycles. The van der Waals surface area contributed by atoms with Crippen LogP contribution in [0.3, 0.4) is 0 Å². The number of benzene rings is 2. The molecule has 3 nitrogen and oxygen atoms in total. The van der Waals surface area contributed by atoms with Crippen molar-refractivity contribution in [3.63, 3.8) is 0 Å². The van der Waals surface area contributed by atoms with Gasteiger partial charge < -0.3 is 14.8 Å². The summed E-state index contributed by atoms with van der Waals surface area (Å²) >= 11 is 5.96. The van der Waals surface area contributed by atoms with Crippen LogP contribution in [0.25, 0.3) is 0 Å². The normalized spacial score (nSPS) is 19.6. The smallest absolute Gasteiger partial charge is 0.105 e. The second kappa shape index (κ2) is 7.14. The molecule has 0 spiro atoms. The minimum Gasteiger partial charge on any atom is -0.376 e. The van der Waals surface area contributed by atoms with Crippen molar-refractivity contribution in [1.82, 2.24) is 0 Å². The number of ether oxygens (including phenoxy) is 2. The SMILES string of the molecule is Cc1ccc(C(Nc2ccc(Cl)cc2)C2COCCO2)cc1. The number of hydrogen-bond donors (Lipinski definition) is 1.